The normalized spacial score (nSPS) is 13.3. The second-order valence-corrected chi connectivity index (χ2v) is 14.7. The van der Waals surface area contributed by atoms with Crippen LogP contribution >= 0.6 is 0 Å². The highest BCUT2D eigenvalue weighted by atomic mass is 28.4. The minimum atomic E-state index is -2.02. The highest BCUT2D eigenvalue weighted by Gasteiger charge is 2.37. The molecule has 30 heavy (non-hydrogen) atoms. The van der Waals surface area contributed by atoms with E-state index in [2.05, 4.69) is 44.5 Å². The average Bonchev–Trinajstić information content (AvgIpc) is 2.60. The fourth-order valence-electron chi connectivity index (χ4n) is 2.13. The number of carbonyl (C=O) groups excluding carboxylic acids is 2. The van der Waals surface area contributed by atoms with E-state index in [9.17, 15) is 9.59 Å². The van der Waals surface area contributed by atoms with Crippen molar-refractivity contribution < 1.29 is 23.5 Å². The first-order valence-electron chi connectivity index (χ1n) is 10.3. The molecule has 0 heterocycles. The van der Waals surface area contributed by atoms with Gasteiger partial charge in [0.15, 0.2) is 8.32 Å². The molecule has 0 aliphatic carbocycles. The standard InChI is InChI=1S/C22H38N2O5Si/c1-21(2,3)29-19(25)23-14-18(16-28-30(7,8)22(4,5)6)24-20(26)27-15-17-12-10-9-11-13-17/h9-13,18H,14-16H2,1-8H3,(H,23,25)(H,24,26)/t18-/m1/s1. The molecule has 0 aliphatic rings. The molecule has 0 saturated carbocycles. The number of ether oxygens (including phenoxy) is 2. The summed E-state index contributed by atoms with van der Waals surface area (Å²) in [5, 5.41) is 5.52. The highest BCUT2D eigenvalue weighted by Crippen LogP contribution is 2.36. The van der Waals surface area contributed by atoms with E-state index in [0.29, 0.717) is 0 Å². The lowest BCUT2D eigenvalue weighted by Gasteiger charge is -2.37. The van der Waals surface area contributed by atoms with Gasteiger partial charge >= 0.3 is 12.2 Å². The topological polar surface area (TPSA) is 85.9 Å². The third-order valence-corrected chi connectivity index (χ3v) is 9.38. The molecule has 0 radical (unpaired) electrons. The van der Waals surface area contributed by atoms with Crippen LogP contribution in [0.5, 0.6) is 0 Å². The van der Waals surface area contributed by atoms with Crippen LogP contribution in [0.1, 0.15) is 47.1 Å². The fourth-order valence-corrected chi connectivity index (χ4v) is 3.18. The molecule has 2 amide bonds. The molecule has 0 unspecified atom stereocenters. The molecule has 0 spiro atoms. The molecule has 2 N–H and O–H groups in total. The SMILES string of the molecule is CC(C)(C)OC(=O)NC[C@H](CO[Si](C)(C)C(C)(C)C)NC(=O)OCc1ccccc1. The van der Waals surface area contributed by atoms with Crippen LogP contribution in [-0.2, 0) is 20.5 Å². The van der Waals surface area contributed by atoms with Gasteiger partial charge in [0.1, 0.15) is 12.2 Å². The van der Waals surface area contributed by atoms with Gasteiger partial charge in [0, 0.05) is 6.54 Å². The van der Waals surface area contributed by atoms with E-state index in [1.54, 1.807) is 20.8 Å². The van der Waals surface area contributed by atoms with Crippen LogP contribution < -0.4 is 10.6 Å². The second kappa shape index (κ2) is 10.8. The van der Waals surface area contributed by atoms with Gasteiger partial charge in [-0.3, -0.25) is 0 Å². The summed E-state index contributed by atoms with van der Waals surface area (Å²) >= 11 is 0. The van der Waals surface area contributed by atoms with Crippen molar-refractivity contribution in [2.24, 2.45) is 0 Å². The van der Waals surface area contributed by atoms with E-state index in [1.807, 2.05) is 30.3 Å². The molecular formula is C22H38N2O5Si. The molecule has 170 valence electrons. The maximum absolute atomic E-state index is 12.3. The number of hydrogen-bond donors (Lipinski definition) is 2. The number of alkyl carbamates (subject to hydrolysis) is 2. The first kappa shape index (κ1) is 26.0. The van der Waals surface area contributed by atoms with Crippen molar-refractivity contribution in [3.63, 3.8) is 0 Å². The first-order chi connectivity index (χ1) is 13.7. The first-order valence-corrected chi connectivity index (χ1v) is 13.2. The van der Waals surface area contributed by atoms with Gasteiger partial charge in [-0.2, -0.15) is 0 Å². The molecule has 0 fully saturated rings. The van der Waals surface area contributed by atoms with Crippen molar-refractivity contribution in [2.45, 2.75) is 77.9 Å². The molecule has 0 aliphatic heterocycles. The summed E-state index contributed by atoms with van der Waals surface area (Å²) in [5.41, 5.74) is 0.299. The van der Waals surface area contributed by atoms with Crippen molar-refractivity contribution in [2.75, 3.05) is 13.2 Å². The van der Waals surface area contributed by atoms with Gasteiger partial charge in [-0.15, -0.1) is 0 Å². The Morgan fingerprint density at radius 1 is 1.00 bits per heavy atom. The van der Waals surface area contributed by atoms with Gasteiger partial charge in [-0.1, -0.05) is 51.1 Å². The van der Waals surface area contributed by atoms with Crippen molar-refractivity contribution in [3.05, 3.63) is 35.9 Å². The Morgan fingerprint density at radius 2 is 1.60 bits per heavy atom. The van der Waals surface area contributed by atoms with E-state index in [4.69, 9.17) is 13.9 Å². The van der Waals surface area contributed by atoms with Crippen LogP contribution in [0.4, 0.5) is 9.59 Å². The van der Waals surface area contributed by atoms with Crippen molar-refractivity contribution >= 4 is 20.5 Å². The van der Waals surface area contributed by atoms with Crippen LogP contribution in [0, 0.1) is 0 Å². The van der Waals surface area contributed by atoms with Crippen LogP contribution in [0.15, 0.2) is 30.3 Å². The zero-order valence-corrected chi connectivity index (χ0v) is 20.6. The molecule has 0 aromatic heterocycles. The fraction of sp³-hybridized carbons (Fsp3) is 0.636. The van der Waals surface area contributed by atoms with Crippen molar-refractivity contribution in [3.8, 4) is 0 Å². The quantitative estimate of drug-likeness (QED) is 0.568. The lowest BCUT2D eigenvalue weighted by atomic mass is 10.2. The predicted molar refractivity (Wildman–Crippen MR) is 121 cm³/mol. The van der Waals surface area contributed by atoms with Crippen LogP contribution in [0.2, 0.25) is 18.1 Å². The summed E-state index contributed by atoms with van der Waals surface area (Å²) in [5.74, 6) is 0. The van der Waals surface area contributed by atoms with Crippen molar-refractivity contribution in [1.82, 2.24) is 10.6 Å². The molecular weight excluding hydrogens is 400 g/mol. The average molecular weight is 439 g/mol. The van der Waals surface area contributed by atoms with Crippen LogP contribution in [0.3, 0.4) is 0 Å². The predicted octanol–water partition coefficient (Wildman–Crippen LogP) is 4.83. The van der Waals surface area contributed by atoms with Crippen molar-refractivity contribution in [1.29, 1.82) is 0 Å². The maximum Gasteiger partial charge on any atom is 0.407 e. The largest absolute Gasteiger partial charge is 0.445 e. The zero-order valence-electron chi connectivity index (χ0n) is 19.6. The van der Waals surface area contributed by atoms with Crippen LogP contribution in [-0.4, -0.2) is 45.3 Å². The Balaban J connectivity index is 2.68. The highest BCUT2D eigenvalue weighted by molar-refractivity contribution is 6.74. The third-order valence-electron chi connectivity index (χ3n) is 4.88. The van der Waals surface area contributed by atoms with Crippen LogP contribution in [0.25, 0.3) is 0 Å². The number of benzene rings is 1. The zero-order chi connectivity index (χ0) is 23.0. The Hall–Kier alpha value is -2.06. The number of hydrogen-bond acceptors (Lipinski definition) is 5. The summed E-state index contributed by atoms with van der Waals surface area (Å²) in [6, 6.07) is 8.99. The Bertz CT molecular complexity index is 681. The van der Waals surface area contributed by atoms with Gasteiger partial charge < -0.3 is 24.5 Å². The second-order valence-electron chi connectivity index (χ2n) is 9.86. The monoisotopic (exact) mass is 438 g/mol. The molecule has 1 aromatic carbocycles. The number of rotatable bonds is 8. The molecule has 1 rings (SSSR count). The Labute approximate surface area is 182 Å². The van der Waals surface area contributed by atoms with E-state index in [1.165, 1.54) is 0 Å². The molecule has 1 aromatic rings. The molecule has 0 bridgehead atoms. The molecule has 1 atom stereocenters. The number of nitrogens with one attached hydrogen (secondary N) is 2. The van der Waals surface area contributed by atoms with E-state index in [0.717, 1.165) is 5.56 Å². The Kier molecular flexibility index (Phi) is 9.36. The number of amides is 2. The maximum atomic E-state index is 12.3. The smallest absolute Gasteiger partial charge is 0.407 e. The van der Waals surface area contributed by atoms with Gasteiger partial charge in [0.05, 0.1) is 12.6 Å². The summed E-state index contributed by atoms with van der Waals surface area (Å²) in [4.78, 5) is 24.3. The summed E-state index contributed by atoms with van der Waals surface area (Å²) < 4.78 is 16.8. The van der Waals surface area contributed by atoms with E-state index < -0.39 is 32.1 Å². The lowest BCUT2D eigenvalue weighted by Crippen LogP contribution is -2.50. The molecule has 7 nitrogen and oxygen atoms in total. The number of carbonyl (C=O) groups is 2. The molecule has 0 saturated heterocycles. The lowest BCUT2D eigenvalue weighted by molar-refractivity contribution is 0.0515. The van der Waals surface area contributed by atoms with Gasteiger partial charge in [0.2, 0.25) is 0 Å². The molecule has 8 heteroatoms. The van der Waals surface area contributed by atoms with E-state index >= 15 is 0 Å². The summed E-state index contributed by atoms with van der Waals surface area (Å²) in [6.45, 7) is 16.7. The summed E-state index contributed by atoms with van der Waals surface area (Å²) in [6.07, 6.45) is -1.10. The minimum absolute atomic E-state index is 0.0317. The van der Waals surface area contributed by atoms with Gasteiger partial charge in [-0.25, -0.2) is 9.59 Å². The Morgan fingerprint density at radius 3 is 2.13 bits per heavy atom. The van der Waals surface area contributed by atoms with Gasteiger partial charge in [0.25, 0.3) is 0 Å². The van der Waals surface area contributed by atoms with Gasteiger partial charge in [-0.05, 0) is 44.5 Å². The third kappa shape index (κ3) is 10.1. The minimum Gasteiger partial charge on any atom is -0.445 e. The van der Waals surface area contributed by atoms with E-state index in [-0.39, 0.29) is 24.8 Å². The summed E-state index contributed by atoms with van der Waals surface area (Å²) in [7, 11) is -2.02.